The molecule has 8 heteroatoms. The van der Waals surface area contributed by atoms with Crippen LogP contribution in [0, 0.1) is 25.6 Å². The van der Waals surface area contributed by atoms with Crippen molar-refractivity contribution < 1.29 is 13.9 Å². The smallest absolute Gasteiger partial charge is 0.262 e. The van der Waals surface area contributed by atoms with E-state index in [9.17, 15) is 9.18 Å². The van der Waals surface area contributed by atoms with Crippen molar-refractivity contribution in [2.24, 2.45) is 5.92 Å². The zero-order valence-corrected chi connectivity index (χ0v) is 19.3. The van der Waals surface area contributed by atoms with Gasteiger partial charge in [-0.3, -0.25) is 9.20 Å². The van der Waals surface area contributed by atoms with Crippen molar-refractivity contribution in [3.8, 4) is 0 Å². The minimum atomic E-state index is -0.777. The molecule has 5 rings (SSSR count). The molecule has 2 fully saturated rings. The van der Waals surface area contributed by atoms with Gasteiger partial charge in [0.2, 0.25) is 0 Å². The molecule has 0 atom stereocenters. The van der Waals surface area contributed by atoms with E-state index in [2.05, 4.69) is 9.88 Å². The number of thiazole rings is 1. The summed E-state index contributed by atoms with van der Waals surface area (Å²) in [5, 5.41) is 1.97. The van der Waals surface area contributed by atoms with Crippen LogP contribution in [0.25, 0.3) is 4.96 Å². The Morgan fingerprint density at radius 2 is 1.84 bits per heavy atom. The Hall–Kier alpha value is -2.13. The summed E-state index contributed by atoms with van der Waals surface area (Å²) < 4.78 is 27.4. The summed E-state index contributed by atoms with van der Waals surface area (Å²) >= 11 is 1.50. The maximum absolute atomic E-state index is 13.4. The van der Waals surface area contributed by atoms with E-state index in [4.69, 9.17) is 9.47 Å². The summed E-state index contributed by atoms with van der Waals surface area (Å²) in [5.74, 6) is -0.820. The topological polar surface area (TPSA) is 56.1 Å². The third kappa shape index (κ3) is 3.79. The van der Waals surface area contributed by atoms with Gasteiger partial charge in [0.25, 0.3) is 5.56 Å². The summed E-state index contributed by atoms with van der Waals surface area (Å²) in [6, 6.07) is 6.49. The monoisotopic (exact) mass is 457 g/mol. The molecule has 3 aromatic rings. The molecule has 170 valence electrons. The van der Waals surface area contributed by atoms with Crippen LogP contribution in [-0.4, -0.2) is 47.1 Å². The molecule has 2 aliphatic rings. The van der Waals surface area contributed by atoms with Gasteiger partial charge in [-0.15, -0.1) is 11.3 Å². The standard InChI is InChI=1S/C24H28FN3O3S/c1-16-15-32-23-26-17(2)21(22(29)28(16)23)9-12-27-10-7-19(8-11-27)24(30-13-14-31-24)18-3-5-20(25)6-4-18/h3-6,15,19H,7-14H2,1-2H3. The molecule has 2 saturated heterocycles. The van der Waals surface area contributed by atoms with Gasteiger partial charge in [-0.05, 0) is 58.3 Å². The number of nitrogens with zero attached hydrogens (tertiary/aromatic N) is 3. The Kier molecular flexibility index (Phi) is 5.88. The second kappa shape index (κ2) is 8.67. The zero-order chi connectivity index (χ0) is 22.3. The van der Waals surface area contributed by atoms with Gasteiger partial charge in [-0.25, -0.2) is 9.37 Å². The summed E-state index contributed by atoms with van der Waals surface area (Å²) in [5.41, 5.74) is 3.52. The van der Waals surface area contributed by atoms with Crippen molar-refractivity contribution in [1.29, 1.82) is 0 Å². The maximum atomic E-state index is 13.4. The Balaban J connectivity index is 1.26. The Labute approximate surface area is 190 Å². The first-order valence-corrected chi connectivity index (χ1v) is 12.1. The normalized spacial score (nSPS) is 19.7. The molecule has 2 aromatic heterocycles. The number of likely N-dealkylation sites (tertiary alicyclic amines) is 1. The lowest BCUT2D eigenvalue weighted by molar-refractivity contribution is -0.214. The summed E-state index contributed by atoms with van der Waals surface area (Å²) in [4.78, 5) is 20.8. The minimum Gasteiger partial charge on any atom is -0.343 e. The predicted octanol–water partition coefficient (Wildman–Crippen LogP) is 3.67. The summed E-state index contributed by atoms with van der Waals surface area (Å²) in [6.45, 7) is 7.63. The fraction of sp³-hybridized carbons (Fsp3) is 0.500. The number of hydrogen-bond donors (Lipinski definition) is 0. The third-order valence-electron chi connectivity index (χ3n) is 6.81. The average molecular weight is 458 g/mol. The van der Waals surface area contributed by atoms with Gasteiger partial charge in [0.1, 0.15) is 5.82 Å². The van der Waals surface area contributed by atoms with Crippen LogP contribution >= 0.6 is 11.3 Å². The largest absolute Gasteiger partial charge is 0.343 e. The Morgan fingerprint density at radius 1 is 1.16 bits per heavy atom. The van der Waals surface area contributed by atoms with Crippen LogP contribution in [0.1, 0.15) is 35.4 Å². The van der Waals surface area contributed by atoms with E-state index in [1.54, 1.807) is 16.5 Å². The number of piperidine rings is 1. The molecule has 32 heavy (non-hydrogen) atoms. The summed E-state index contributed by atoms with van der Waals surface area (Å²) in [6.07, 6.45) is 2.54. The number of rotatable bonds is 5. The van der Waals surface area contributed by atoms with Crippen LogP contribution in [0.4, 0.5) is 4.39 Å². The van der Waals surface area contributed by atoms with Crippen LogP contribution in [0.5, 0.6) is 0 Å². The molecule has 0 saturated carbocycles. The fourth-order valence-electron chi connectivity index (χ4n) is 5.06. The molecule has 0 N–H and O–H groups in total. The van der Waals surface area contributed by atoms with Gasteiger partial charge >= 0.3 is 0 Å². The van der Waals surface area contributed by atoms with Crippen LogP contribution in [0.2, 0.25) is 0 Å². The van der Waals surface area contributed by atoms with Crippen LogP contribution < -0.4 is 5.56 Å². The lowest BCUT2D eigenvalue weighted by Crippen LogP contribution is -2.45. The minimum absolute atomic E-state index is 0.0594. The number of aryl methyl sites for hydroxylation is 2. The van der Waals surface area contributed by atoms with E-state index in [-0.39, 0.29) is 17.3 Å². The van der Waals surface area contributed by atoms with Crippen molar-refractivity contribution >= 4 is 16.3 Å². The molecule has 0 radical (unpaired) electrons. The van der Waals surface area contributed by atoms with E-state index in [0.717, 1.165) is 60.0 Å². The van der Waals surface area contributed by atoms with Gasteiger partial charge in [0.15, 0.2) is 10.7 Å². The molecule has 0 spiro atoms. The first-order chi connectivity index (χ1) is 15.5. The highest BCUT2D eigenvalue weighted by Gasteiger charge is 2.46. The number of fused-ring (bicyclic) bond motifs is 1. The maximum Gasteiger partial charge on any atom is 0.262 e. The fourth-order valence-corrected chi connectivity index (χ4v) is 5.96. The van der Waals surface area contributed by atoms with Crippen molar-refractivity contribution in [2.45, 2.75) is 38.9 Å². The second-order valence-electron chi connectivity index (χ2n) is 8.71. The van der Waals surface area contributed by atoms with Crippen LogP contribution in [-0.2, 0) is 21.7 Å². The summed E-state index contributed by atoms with van der Waals surface area (Å²) in [7, 11) is 0. The van der Waals surface area contributed by atoms with E-state index < -0.39 is 5.79 Å². The molecular weight excluding hydrogens is 429 g/mol. The van der Waals surface area contributed by atoms with Gasteiger partial charge < -0.3 is 14.4 Å². The second-order valence-corrected chi connectivity index (χ2v) is 9.55. The number of ether oxygens (including phenoxy) is 2. The molecular formula is C24H28FN3O3S. The first-order valence-electron chi connectivity index (χ1n) is 11.2. The van der Waals surface area contributed by atoms with Gasteiger partial charge in [0, 0.05) is 40.4 Å². The Bertz CT molecular complexity index is 1160. The quantitative estimate of drug-likeness (QED) is 0.585. The highest BCUT2D eigenvalue weighted by molar-refractivity contribution is 7.15. The van der Waals surface area contributed by atoms with E-state index >= 15 is 0 Å². The molecule has 2 aliphatic heterocycles. The zero-order valence-electron chi connectivity index (χ0n) is 18.5. The lowest BCUT2D eigenvalue weighted by Gasteiger charge is -2.41. The van der Waals surface area contributed by atoms with E-state index in [1.165, 1.54) is 23.5 Å². The van der Waals surface area contributed by atoms with Gasteiger partial charge in [-0.2, -0.15) is 0 Å². The first kappa shape index (κ1) is 21.7. The van der Waals surface area contributed by atoms with E-state index in [1.807, 2.05) is 19.2 Å². The third-order valence-corrected chi connectivity index (χ3v) is 7.75. The molecule has 1 aromatic carbocycles. The molecule has 4 heterocycles. The number of hydrogen-bond acceptors (Lipinski definition) is 6. The lowest BCUT2D eigenvalue weighted by atomic mass is 9.84. The molecule has 0 amide bonds. The molecule has 0 aliphatic carbocycles. The molecule has 0 unspecified atom stereocenters. The van der Waals surface area contributed by atoms with Gasteiger partial charge in [-0.1, -0.05) is 12.1 Å². The SMILES string of the molecule is Cc1nc2scc(C)n2c(=O)c1CCN1CCC(C2(c3ccc(F)cc3)OCCO2)CC1. The van der Waals surface area contributed by atoms with Gasteiger partial charge in [0.05, 0.1) is 13.2 Å². The van der Waals surface area contributed by atoms with Crippen LogP contribution in [0.15, 0.2) is 34.4 Å². The van der Waals surface area contributed by atoms with Crippen molar-refractivity contribution in [1.82, 2.24) is 14.3 Å². The highest BCUT2D eigenvalue weighted by Crippen LogP contribution is 2.43. The molecule has 0 bridgehead atoms. The number of aromatic nitrogens is 2. The predicted molar refractivity (Wildman–Crippen MR) is 122 cm³/mol. The van der Waals surface area contributed by atoms with Crippen molar-refractivity contribution in [3.05, 3.63) is 68.3 Å². The highest BCUT2D eigenvalue weighted by atomic mass is 32.1. The number of halogens is 1. The number of benzene rings is 1. The van der Waals surface area contributed by atoms with Crippen molar-refractivity contribution in [2.75, 3.05) is 32.8 Å². The molecule has 6 nitrogen and oxygen atoms in total. The van der Waals surface area contributed by atoms with E-state index in [0.29, 0.717) is 19.6 Å². The van der Waals surface area contributed by atoms with Crippen molar-refractivity contribution in [3.63, 3.8) is 0 Å². The Morgan fingerprint density at radius 3 is 2.53 bits per heavy atom. The average Bonchev–Trinajstić information content (AvgIpc) is 3.42. The van der Waals surface area contributed by atoms with Crippen LogP contribution in [0.3, 0.4) is 0 Å².